The summed E-state index contributed by atoms with van der Waals surface area (Å²) in [5, 5.41) is 0. The maximum absolute atomic E-state index is 12.3. The Bertz CT molecular complexity index is 495. The third-order valence-corrected chi connectivity index (χ3v) is 3.47. The standard InChI is InChI=1S/C15H19F3N2O2/c1-2-22-13-5-3-12(4-6-13)14(21)20-9-7-19(8-10-20)11-15(16,17)18/h3-6H,2,7-11H2,1H3. The number of benzene rings is 1. The number of carbonyl (C=O) groups excluding carboxylic acids is 1. The molecule has 122 valence electrons. The molecule has 22 heavy (non-hydrogen) atoms. The van der Waals surface area contributed by atoms with Gasteiger partial charge < -0.3 is 9.64 Å². The van der Waals surface area contributed by atoms with Gasteiger partial charge in [-0.1, -0.05) is 0 Å². The first-order chi connectivity index (χ1) is 10.4. The van der Waals surface area contributed by atoms with Crippen molar-refractivity contribution in [3.63, 3.8) is 0 Å². The molecule has 1 aromatic rings. The van der Waals surface area contributed by atoms with E-state index in [0.29, 0.717) is 31.0 Å². The molecule has 1 aromatic carbocycles. The first-order valence-electron chi connectivity index (χ1n) is 7.20. The van der Waals surface area contributed by atoms with Crippen LogP contribution >= 0.6 is 0 Å². The predicted octanol–water partition coefficient (Wildman–Crippen LogP) is 2.41. The lowest BCUT2D eigenvalue weighted by Crippen LogP contribution is -2.50. The molecule has 0 saturated carbocycles. The molecule has 4 nitrogen and oxygen atoms in total. The zero-order valence-electron chi connectivity index (χ0n) is 12.4. The summed E-state index contributed by atoms with van der Waals surface area (Å²) >= 11 is 0. The second-order valence-electron chi connectivity index (χ2n) is 5.14. The van der Waals surface area contributed by atoms with E-state index in [-0.39, 0.29) is 19.0 Å². The first-order valence-corrected chi connectivity index (χ1v) is 7.20. The van der Waals surface area contributed by atoms with Crippen molar-refractivity contribution in [3.05, 3.63) is 29.8 Å². The summed E-state index contributed by atoms with van der Waals surface area (Å²) in [6, 6.07) is 6.79. The van der Waals surface area contributed by atoms with Gasteiger partial charge in [-0.25, -0.2) is 0 Å². The summed E-state index contributed by atoms with van der Waals surface area (Å²) in [7, 11) is 0. The van der Waals surface area contributed by atoms with Crippen molar-refractivity contribution in [2.75, 3.05) is 39.3 Å². The van der Waals surface area contributed by atoms with E-state index in [4.69, 9.17) is 4.74 Å². The number of nitrogens with zero attached hydrogens (tertiary/aromatic N) is 2. The number of alkyl halides is 3. The molecule has 1 heterocycles. The van der Waals surface area contributed by atoms with Crippen LogP contribution in [-0.4, -0.2) is 61.2 Å². The zero-order chi connectivity index (χ0) is 16.2. The smallest absolute Gasteiger partial charge is 0.401 e. The summed E-state index contributed by atoms with van der Waals surface area (Å²) in [6.45, 7) is 2.60. The van der Waals surface area contributed by atoms with Gasteiger partial charge in [-0.3, -0.25) is 9.69 Å². The molecular formula is C15H19F3N2O2. The second kappa shape index (κ2) is 7.00. The Balaban J connectivity index is 1.89. The molecule has 1 amide bonds. The maximum atomic E-state index is 12.3. The average Bonchev–Trinajstić information content (AvgIpc) is 2.47. The van der Waals surface area contributed by atoms with Crippen molar-refractivity contribution < 1.29 is 22.7 Å². The number of piperazine rings is 1. The molecule has 0 aliphatic carbocycles. The van der Waals surface area contributed by atoms with Crippen LogP contribution in [0.4, 0.5) is 13.2 Å². The number of amides is 1. The highest BCUT2D eigenvalue weighted by Crippen LogP contribution is 2.19. The molecule has 0 aromatic heterocycles. The minimum atomic E-state index is -4.19. The van der Waals surface area contributed by atoms with Gasteiger partial charge in [-0.2, -0.15) is 13.2 Å². The molecule has 2 rings (SSSR count). The van der Waals surface area contributed by atoms with E-state index in [1.807, 2.05) is 6.92 Å². The normalized spacial score (nSPS) is 16.6. The summed E-state index contributed by atoms with van der Waals surface area (Å²) in [5.74, 6) is 0.531. The van der Waals surface area contributed by atoms with Gasteiger partial charge in [0.15, 0.2) is 0 Å². The largest absolute Gasteiger partial charge is 0.494 e. The van der Waals surface area contributed by atoms with Gasteiger partial charge in [-0.15, -0.1) is 0 Å². The number of hydrogen-bond acceptors (Lipinski definition) is 3. The van der Waals surface area contributed by atoms with Crippen LogP contribution in [0.3, 0.4) is 0 Å². The summed E-state index contributed by atoms with van der Waals surface area (Å²) in [5.41, 5.74) is 0.521. The monoisotopic (exact) mass is 316 g/mol. The number of rotatable bonds is 4. The minimum absolute atomic E-state index is 0.158. The number of hydrogen-bond donors (Lipinski definition) is 0. The van der Waals surface area contributed by atoms with Crippen LogP contribution in [0, 0.1) is 0 Å². The van der Waals surface area contributed by atoms with Crippen LogP contribution < -0.4 is 4.74 Å². The van der Waals surface area contributed by atoms with E-state index in [0.717, 1.165) is 0 Å². The lowest BCUT2D eigenvalue weighted by molar-refractivity contribution is -0.148. The van der Waals surface area contributed by atoms with Crippen molar-refractivity contribution in [2.45, 2.75) is 13.1 Å². The van der Waals surface area contributed by atoms with Gasteiger partial charge in [0.1, 0.15) is 5.75 Å². The third-order valence-electron chi connectivity index (χ3n) is 3.47. The molecule has 1 aliphatic rings. The van der Waals surface area contributed by atoms with Crippen molar-refractivity contribution in [1.29, 1.82) is 0 Å². The van der Waals surface area contributed by atoms with E-state index in [1.165, 1.54) is 4.90 Å². The van der Waals surface area contributed by atoms with Gasteiger partial charge in [0.25, 0.3) is 5.91 Å². The number of carbonyl (C=O) groups is 1. The zero-order valence-corrected chi connectivity index (χ0v) is 12.4. The molecular weight excluding hydrogens is 297 g/mol. The Morgan fingerprint density at radius 3 is 2.23 bits per heavy atom. The Labute approximate surface area is 127 Å². The molecule has 0 atom stereocenters. The van der Waals surface area contributed by atoms with Crippen molar-refractivity contribution in [2.24, 2.45) is 0 Å². The second-order valence-corrected chi connectivity index (χ2v) is 5.14. The van der Waals surface area contributed by atoms with Gasteiger partial charge in [0.05, 0.1) is 13.2 Å². The average molecular weight is 316 g/mol. The fourth-order valence-corrected chi connectivity index (χ4v) is 2.41. The van der Waals surface area contributed by atoms with Crippen LogP contribution in [0.25, 0.3) is 0 Å². The molecule has 7 heteroatoms. The minimum Gasteiger partial charge on any atom is -0.494 e. The highest BCUT2D eigenvalue weighted by molar-refractivity contribution is 5.94. The summed E-state index contributed by atoms with van der Waals surface area (Å²) in [6.07, 6.45) is -4.19. The highest BCUT2D eigenvalue weighted by atomic mass is 19.4. The molecule has 1 saturated heterocycles. The van der Waals surface area contributed by atoms with Gasteiger partial charge in [-0.05, 0) is 31.2 Å². The van der Waals surface area contributed by atoms with Crippen LogP contribution in [0.15, 0.2) is 24.3 Å². The van der Waals surface area contributed by atoms with Gasteiger partial charge in [0, 0.05) is 31.7 Å². The molecule has 0 N–H and O–H groups in total. The molecule has 1 fully saturated rings. The van der Waals surface area contributed by atoms with Crippen LogP contribution in [0.1, 0.15) is 17.3 Å². The van der Waals surface area contributed by atoms with Crippen LogP contribution in [-0.2, 0) is 0 Å². The number of halogens is 3. The Kier molecular flexibility index (Phi) is 5.28. The van der Waals surface area contributed by atoms with E-state index < -0.39 is 12.7 Å². The Hall–Kier alpha value is -1.76. The van der Waals surface area contributed by atoms with E-state index >= 15 is 0 Å². The SMILES string of the molecule is CCOc1ccc(C(=O)N2CCN(CC(F)(F)F)CC2)cc1. The van der Waals surface area contributed by atoms with E-state index in [1.54, 1.807) is 29.2 Å². The van der Waals surface area contributed by atoms with Crippen molar-refractivity contribution in [3.8, 4) is 5.75 Å². The molecule has 1 aliphatic heterocycles. The molecule has 0 bridgehead atoms. The van der Waals surface area contributed by atoms with Crippen molar-refractivity contribution >= 4 is 5.91 Å². The van der Waals surface area contributed by atoms with Crippen molar-refractivity contribution in [1.82, 2.24) is 9.80 Å². The van der Waals surface area contributed by atoms with E-state index in [9.17, 15) is 18.0 Å². The lowest BCUT2D eigenvalue weighted by Gasteiger charge is -2.35. The maximum Gasteiger partial charge on any atom is 0.401 e. The Morgan fingerprint density at radius 2 is 1.73 bits per heavy atom. The fraction of sp³-hybridized carbons (Fsp3) is 0.533. The molecule has 0 radical (unpaired) electrons. The summed E-state index contributed by atoms with van der Waals surface area (Å²) in [4.78, 5) is 15.2. The van der Waals surface area contributed by atoms with E-state index in [2.05, 4.69) is 0 Å². The quantitative estimate of drug-likeness (QED) is 0.855. The summed E-state index contributed by atoms with van der Waals surface area (Å²) < 4.78 is 42.3. The lowest BCUT2D eigenvalue weighted by atomic mass is 10.1. The van der Waals surface area contributed by atoms with Crippen LogP contribution in [0.5, 0.6) is 5.75 Å². The first kappa shape index (κ1) is 16.6. The van der Waals surface area contributed by atoms with Gasteiger partial charge in [0.2, 0.25) is 0 Å². The molecule has 0 unspecified atom stereocenters. The third kappa shape index (κ3) is 4.62. The molecule has 0 spiro atoms. The highest BCUT2D eigenvalue weighted by Gasteiger charge is 2.32. The predicted molar refractivity (Wildman–Crippen MR) is 76.0 cm³/mol. The van der Waals surface area contributed by atoms with Crippen LogP contribution in [0.2, 0.25) is 0 Å². The number of ether oxygens (including phenoxy) is 1. The fourth-order valence-electron chi connectivity index (χ4n) is 2.41. The van der Waals surface area contributed by atoms with Gasteiger partial charge >= 0.3 is 6.18 Å². The Morgan fingerprint density at radius 1 is 1.14 bits per heavy atom. The topological polar surface area (TPSA) is 32.8 Å².